The fourth-order valence-electron chi connectivity index (χ4n) is 3.84. The molecule has 2 aromatic rings. The Morgan fingerprint density at radius 2 is 1.61 bits per heavy atom. The van der Waals surface area contributed by atoms with Crippen LogP contribution in [0.4, 0.5) is 10.5 Å². The molecular weight excluding hydrogens is 352 g/mol. The topological polar surface area (TPSA) is 48.0 Å². The highest BCUT2D eigenvalue weighted by atomic mass is 16.5. The molecule has 28 heavy (non-hydrogen) atoms. The number of urea groups is 1. The second-order valence-electron chi connectivity index (χ2n) is 7.60. The van der Waals surface area contributed by atoms with Gasteiger partial charge in [0.2, 0.25) is 0 Å². The summed E-state index contributed by atoms with van der Waals surface area (Å²) in [4.78, 5) is 19.4. The molecule has 2 amide bonds. The molecule has 1 unspecified atom stereocenters. The van der Waals surface area contributed by atoms with E-state index >= 15 is 0 Å². The molecule has 0 radical (unpaired) electrons. The number of nitrogens with zero attached hydrogens (tertiary/aromatic N) is 3. The number of carbonyl (C=O) groups is 1. The zero-order valence-electron chi connectivity index (χ0n) is 16.4. The lowest BCUT2D eigenvalue weighted by atomic mass is 10.2. The van der Waals surface area contributed by atoms with Crippen molar-refractivity contribution >= 4 is 11.7 Å². The lowest BCUT2D eigenvalue weighted by Crippen LogP contribution is -2.50. The maximum Gasteiger partial charge on any atom is 0.321 e. The Balaban J connectivity index is 1.28. The standard InChI is InChI=1S/C22H28N4O2/c1-24-13-15-25(16-14-24)19-11-12-26(17-19)22(27)23-18-7-9-21(10-8-18)28-20-5-3-2-4-6-20/h2-10,19H,11-17H2,1H3,(H,23,27). The van der Waals surface area contributed by atoms with Gasteiger partial charge >= 0.3 is 6.03 Å². The van der Waals surface area contributed by atoms with Crippen LogP contribution in [0.1, 0.15) is 6.42 Å². The van der Waals surface area contributed by atoms with Gasteiger partial charge in [-0.2, -0.15) is 0 Å². The van der Waals surface area contributed by atoms with Gasteiger partial charge in [-0.05, 0) is 49.9 Å². The molecule has 2 aromatic carbocycles. The first-order chi connectivity index (χ1) is 13.7. The van der Waals surface area contributed by atoms with Crippen LogP contribution in [0.25, 0.3) is 0 Å². The van der Waals surface area contributed by atoms with Crippen molar-refractivity contribution in [3.8, 4) is 11.5 Å². The van der Waals surface area contributed by atoms with E-state index in [1.165, 1.54) is 0 Å². The molecule has 2 aliphatic heterocycles. The molecule has 1 N–H and O–H groups in total. The second kappa shape index (κ2) is 8.63. The predicted octanol–water partition coefficient (Wildman–Crippen LogP) is 3.33. The minimum Gasteiger partial charge on any atom is -0.457 e. The van der Waals surface area contributed by atoms with E-state index < -0.39 is 0 Å². The normalized spacial score (nSPS) is 20.9. The van der Waals surface area contributed by atoms with Gasteiger partial charge < -0.3 is 19.9 Å². The summed E-state index contributed by atoms with van der Waals surface area (Å²) in [6.45, 7) is 6.04. The fraction of sp³-hybridized carbons (Fsp3) is 0.409. The van der Waals surface area contributed by atoms with Crippen LogP contribution < -0.4 is 10.1 Å². The molecule has 6 nitrogen and oxygen atoms in total. The molecule has 1 atom stereocenters. The third kappa shape index (κ3) is 4.64. The van der Waals surface area contributed by atoms with Crippen molar-refractivity contribution in [3.05, 3.63) is 54.6 Å². The summed E-state index contributed by atoms with van der Waals surface area (Å²) >= 11 is 0. The van der Waals surface area contributed by atoms with Gasteiger partial charge in [-0.3, -0.25) is 4.90 Å². The number of benzene rings is 2. The third-order valence-electron chi connectivity index (χ3n) is 5.59. The molecule has 2 fully saturated rings. The minimum absolute atomic E-state index is 0.0200. The largest absolute Gasteiger partial charge is 0.457 e. The number of anilines is 1. The lowest BCUT2D eigenvalue weighted by molar-refractivity contribution is 0.115. The maximum atomic E-state index is 12.6. The average molecular weight is 380 g/mol. The van der Waals surface area contributed by atoms with E-state index in [2.05, 4.69) is 22.2 Å². The molecule has 0 spiro atoms. The zero-order valence-corrected chi connectivity index (χ0v) is 16.4. The third-order valence-corrected chi connectivity index (χ3v) is 5.59. The van der Waals surface area contributed by atoms with Crippen molar-refractivity contribution in [1.82, 2.24) is 14.7 Å². The van der Waals surface area contributed by atoms with Crippen LogP contribution in [0.5, 0.6) is 11.5 Å². The highest BCUT2D eigenvalue weighted by molar-refractivity contribution is 5.89. The van der Waals surface area contributed by atoms with Gasteiger partial charge in [-0.25, -0.2) is 4.79 Å². The molecule has 0 aliphatic carbocycles. The summed E-state index contributed by atoms with van der Waals surface area (Å²) in [6, 6.07) is 17.6. The van der Waals surface area contributed by atoms with Crippen molar-refractivity contribution in [2.75, 3.05) is 51.6 Å². The summed E-state index contributed by atoms with van der Waals surface area (Å²) in [7, 11) is 2.17. The molecule has 2 aliphatic rings. The number of ether oxygens (including phenoxy) is 1. The van der Waals surface area contributed by atoms with E-state index in [9.17, 15) is 4.79 Å². The van der Waals surface area contributed by atoms with Crippen LogP contribution in [-0.4, -0.2) is 73.1 Å². The van der Waals surface area contributed by atoms with Gasteiger partial charge in [0, 0.05) is 51.0 Å². The summed E-state index contributed by atoms with van der Waals surface area (Å²) in [5.74, 6) is 1.55. The monoisotopic (exact) mass is 380 g/mol. The van der Waals surface area contributed by atoms with Crippen LogP contribution in [0, 0.1) is 0 Å². The average Bonchev–Trinajstić information content (AvgIpc) is 3.21. The van der Waals surface area contributed by atoms with Gasteiger partial charge in [-0.1, -0.05) is 18.2 Å². The first kappa shape index (κ1) is 18.8. The Morgan fingerprint density at radius 1 is 0.929 bits per heavy atom. The Kier molecular flexibility index (Phi) is 5.78. The highest BCUT2D eigenvalue weighted by Crippen LogP contribution is 2.23. The SMILES string of the molecule is CN1CCN(C2CCN(C(=O)Nc3ccc(Oc4ccccc4)cc3)C2)CC1. The molecule has 0 saturated carbocycles. The smallest absolute Gasteiger partial charge is 0.321 e. The van der Waals surface area contributed by atoms with Gasteiger partial charge in [0.25, 0.3) is 0 Å². The van der Waals surface area contributed by atoms with Gasteiger partial charge in [0.05, 0.1) is 0 Å². The van der Waals surface area contributed by atoms with Gasteiger partial charge in [0.1, 0.15) is 11.5 Å². The predicted molar refractivity (Wildman–Crippen MR) is 111 cm³/mol. The number of para-hydroxylation sites is 1. The number of rotatable bonds is 4. The Bertz CT molecular complexity index is 773. The number of likely N-dealkylation sites (N-methyl/N-ethyl adjacent to an activating group) is 1. The first-order valence-electron chi connectivity index (χ1n) is 9.99. The second-order valence-corrected chi connectivity index (χ2v) is 7.60. The van der Waals surface area contributed by atoms with E-state index in [1.54, 1.807) is 0 Å². The molecule has 0 bridgehead atoms. The summed E-state index contributed by atoms with van der Waals surface area (Å²) in [6.07, 6.45) is 1.06. The number of hydrogen-bond donors (Lipinski definition) is 1. The van der Waals surface area contributed by atoms with E-state index in [-0.39, 0.29) is 6.03 Å². The van der Waals surface area contributed by atoms with E-state index in [4.69, 9.17) is 4.74 Å². The number of likely N-dealkylation sites (tertiary alicyclic amines) is 1. The molecular formula is C22H28N4O2. The zero-order chi connectivity index (χ0) is 19.3. The summed E-state index contributed by atoms with van der Waals surface area (Å²) in [5, 5.41) is 3.01. The first-order valence-corrected chi connectivity index (χ1v) is 9.99. The van der Waals surface area contributed by atoms with Gasteiger partial charge in [-0.15, -0.1) is 0 Å². The van der Waals surface area contributed by atoms with Crippen LogP contribution >= 0.6 is 0 Å². The van der Waals surface area contributed by atoms with Crippen LogP contribution in [0.2, 0.25) is 0 Å². The summed E-state index contributed by atoms with van der Waals surface area (Å²) in [5.41, 5.74) is 0.786. The molecule has 6 heteroatoms. The Labute approximate surface area is 166 Å². The lowest BCUT2D eigenvalue weighted by Gasteiger charge is -2.36. The van der Waals surface area contributed by atoms with E-state index in [1.807, 2.05) is 59.5 Å². The van der Waals surface area contributed by atoms with Crippen molar-refractivity contribution in [1.29, 1.82) is 0 Å². The van der Waals surface area contributed by atoms with E-state index in [0.29, 0.717) is 6.04 Å². The Hall–Kier alpha value is -2.57. The molecule has 2 saturated heterocycles. The number of piperazine rings is 1. The minimum atomic E-state index is -0.0200. The number of hydrogen-bond acceptors (Lipinski definition) is 4. The van der Waals surface area contributed by atoms with Crippen molar-refractivity contribution in [2.24, 2.45) is 0 Å². The van der Waals surface area contributed by atoms with Crippen LogP contribution in [0.15, 0.2) is 54.6 Å². The van der Waals surface area contributed by atoms with Crippen molar-refractivity contribution in [2.45, 2.75) is 12.5 Å². The van der Waals surface area contributed by atoms with Gasteiger partial charge in [0.15, 0.2) is 0 Å². The quantitative estimate of drug-likeness (QED) is 0.884. The highest BCUT2D eigenvalue weighted by Gasteiger charge is 2.31. The van der Waals surface area contributed by atoms with Crippen molar-refractivity contribution in [3.63, 3.8) is 0 Å². The molecule has 0 aromatic heterocycles. The number of carbonyl (C=O) groups excluding carboxylic acids is 1. The van der Waals surface area contributed by atoms with Crippen LogP contribution in [-0.2, 0) is 0 Å². The maximum absolute atomic E-state index is 12.6. The van der Waals surface area contributed by atoms with Crippen molar-refractivity contribution < 1.29 is 9.53 Å². The fourth-order valence-corrected chi connectivity index (χ4v) is 3.84. The summed E-state index contributed by atoms with van der Waals surface area (Å²) < 4.78 is 5.79. The molecule has 2 heterocycles. The molecule has 148 valence electrons. The number of nitrogens with one attached hydrogen (secondary N) is 1. The number of amides is 2. The van der Waals surface area contributed by atoms with E-state index in [0.717, 1.165) is 62.9 Å². The van der Waals surface area contributed by atoms with Crippen LogP contribution in [0.3, 0.4) is 0 Å². The molecule has 4 rings (SSSR count). The Morgan fingerprint density at radius 3 is 2.32 bits per heavy atom.